The first kappa shape index (κ1) is 21.0. The van der Waals surface area contributed by atoms with Gasteiger partial charge in [-0.3, -0.25) is 0 Å². The molecule has 0 unspecified atom stereocenters. The number of nitrogens with one attached hydrogen (secondary N) is 1. The maximum atomic E-state index is 4.83. The fourth-order valence-electron chi connectivity index (χ4n) is 3.03. The minimum Gasteiger partial charge on any atom is -0.356 e. The zero-order chi connectivity index (χ0) is 20.6. The van der Waals surface area contributed by atoms with E-state index < -0.39 is 0 Å². The molecule has 0 amide bonds. The van der Waals surface area contributed by atoms with Crippen LogP contribution in [0.15, 0.2) is 46.8 Å². The molecule has 2 aromatic heterocycles. The summed E-state index contributed by atoms with van der Waals surface area (Å²) in [7, 11) is 4.05. The number of hydrogen-bond donors (Lipinski definition) is 1. The van der Waals surface area contributed by atoms with Gasteiger partial charge in [-0.25, -0.2) is 4.99 Å². The van der Waals surface area contributed by atoms with Crippen LogP contribution in [-0.2, 0) is 33.0 Å². The van der Waals surface area contributed by atoms with Gasteiger partial charge in [0, 0.05) is 32.1 Å². The molecule has 0 saturated carbocycles. The lowest BCUT2D eigenvalue weighted by Crippen LogP contribution is -2.39. The number of aromatic nitrogens is 3. The van der Waals surface area contributed by atoms with Crippen LogP contribution >= 0.6 is 11.3 Å². The van der Waals surface area contributed by atoms with Crippen LogP contribution in [0.3, 0.4) is 0 Å². The number of aryl methyl sites for hydroxylation is 2. The van der Waals surface area contributed by atoms with Crippen molar-refractivity contribution in [3.05, 3.63) is 69.4 Å². The fraction of sp³-hybridized carbons (Fsp3) is 0.409. The number of nitrogens with zero attached hydrogens (tertiary/aromatic N) is 5. The highest BCUT2D eigenvalue weighted by Crippen LogP contribution is 2.10. The third-order valence-electron chi connectivity index (χ3n) is 5.00. The van der Waals surface area contributed by atoms with E-state index in [-0.39, 0.29) is 0 Å². The average Bonchev–Trinajstić information content (AvgIpc) is 3.36. The molecule has 0 bridgehead atoms. The van der Waals surface area contributed by atoms with Gasteiger partial charge in [-0.05, 0) is 42.3 Å². The highest BCUT2D eigenvalue weighted by molar-refractivity contribution is 7.09. The monoisotopic (exact) mass is 410 g/mol. The second kappa shape index (κ2) is 10.2. The van der Waals surface area contributed by atoms with Gasteiger partial charge in [0.15, 0.2) is 11.8 Å². The molecule has 0 aliphatic carbocycles. The van der Waals surface area contributed by atoms with Crippen LogP contribution in [0, 0.1) is 6.92 Å². The number of aliphatic imine (C=N–C) groups is 1. The van der Waals surface area contributed by atoms with Gasteiger partial charge >= 0.3 is 0 Å². The first-order chi connectivity index (χ1) is 14.1. The number of thiophene rings is 1. The van der Waals surface area contributed by atoms with Crippen LogP contribution in [0.5, 0.6) is 0 Å². The van der Waals surface area contributed by atoms with Crippen molar-refractivity contribution in [3.63, 3.8) is 0 Å². The molecule has 0 spiro atoms. The van der Waals surface area contributed by atoms with Crippen LogP contribution in [-0.4, -0.2) is 39.2 Å². The van der Waals surface area contributed by atoms with Crippen molar-refractivity contribution in [2.75, 3.05) is 13.6 Å². The highest BCUT2D eigenvalue weighted by Gasteiger charge is 2.10. The molecule has 0 saturated heterocycles. The van der Waals surface area contributed by atoms with Crippen LogP contribution in [0.1, 0.15) is 34.6 Å². The molecule has 3 aromatic rings. The lowest BCUT2D eigenvalue weighted by atomic mass is 10.1. The summed E-state index contributed by atoms with van der Waals surface area (Å²) in [5.41, 5.74) is 2.63. The van der Waals surface area contributed by atoms with E-state index in [1.165, 1.54) is 16.0 Å². The Morgan fingerprint density at radius 1 is 1.17 bits per heavy atom. The third kappa shape index (κ3) is 5.90. The van der Waals surface area contributed by atoms with Gasteiger partial charge in [0.2, 0.25) is 0 Å². The van der Waals surface area contributed by atoms with E-state index in [4.69, 9.17) is 4.99 Å². The second-order valence-electron chi connectivity index (χ2n) is 7.14. The Kier molecular flexibility index (Phi) is 7.41. The van der Waals surface area contributed by atoms with Gasteiger partial charge in [-0.2, -0.15) is 0 Å². The quantitative estimate of drug-likeness (QED) is 0.456. The van der Waals surface area contributed by atoms with Gasteiger partial charge in [0.1, 0.15) is 12.4 Å². The van der Waals surface area contributed by atoms with Gasteiger partial charge in [-0.1, -0.05) is 37.3 Å². The van der Waals surface area contributed by atoms with Crippen molar-refractivity contribution >= 4 is 17.3 Å². The predicted molar refractivity (Wildman–Crippen MR) is 120 cm³/mol. The normalized spacial score (nSPS) is 11.7. The van der Waals surface area contributed by atoms with E-state index >= 15 is 0 Å². The molecule has 7 heteroatoms. The number of hydrogen-bond acceptors (Lipinski definition) is 4. The van der Waals surface area contributed by atoms with Crippen molar-refractivity contribution in [1.82, 2.24) is 25.0 Å². The molecule has 29 heavy (non-hydrogen) atoms. The smallest absolute Gasteiger partial charge is 0.194 e. The second-order valence-corrected chi connectivity index (χ2v) is 8.18. The van der Waals surface area contributed by atoms with Crippen molar-refractivity contribution in [1.29, 1.82) is 0 Å². The molecule has 0 atom stereocenters. The molecule has 3 rings (SSSR count). The molecule has 0 aliphatic heterocycles. The summed E-state index contributed by atoms with van der Waals surface area (Å²) in [6.07, 6.45) is 2.04. The summed E-state index contributed by atoms with van der Waals surface area (Å²) in [6.45, 7) is 6.27. The first-order valence-corrected chi connectivity index (χ1v) is 10.9. The summed E-state index contributed by atoms with van der Waals surface area (Å²) in [5.74, 6) is 2.63. The van der Waals surface area contributed by atoms with Crippen molar-refractivity contribution < 1.29 is 0 Å². The Hall–Kier alpha value is -2.67. The molecule has 6 nitrogen and oxygen atoms in total. The minimum atomic E-state index is 0.498. The van der Waals surface area contributed by atoms with Crippen LogP contribution < -0.4 is 5.32 Å². The molecule has 154 valence electrons. The van der Waals surface area contributed by atoms with E-state index in [2.05, 4.69) is 76.2 Å². The van der Waals surface area contributed by atoms with Crippen LogP contribution in [0.2, 0.25) is 0 Å². The van der Waals surface area contributed by atoms with Gasteiger partial charge in [0.25, 0.3) is 0 Å². The average molecular weight is 411 g/mol. The molecule has 0 aliphatic rings. The molecular weight excluding hydrogens is 380 g/mol. The predicted octanol–water partition coefficient (Wildman–Crippen LogP) is 3.57. The summed E-state index contributed by atoms with van der Waals surface area (Å²) < 4.78 is 1.98. The first-order valence-electron chi connectivity index (χ1n) is 10.0. The molecular formula is C22H30N6S. The fourth-order valence-corrected chi connectivity index (χ4v) is 3.74. The summed E-state index contributed by atoms with van der Waals surface area (Å²) in [5, 5.41) is 14.0. The third-order valence-corrected chi connectivity index (χ3v) is 5.94. The topological polar surface area (TPSA) is 58.3 Å². The SMILES string of the molecule is CCc1ccc(CN(C)C(=NCc2nnc(C)n2C)NCCc2cccs2)cc1. The molecule has 1 aromatic carbocycles. The Morgan fingerprint density at radius 3 is 2.55 bits per heavy atom. The van der Waals surface area contributed by atoms with Crippen molar-refractivity contribution in [2.24, 2.45) is 12.0 Å². The molecule has 2 heterocycles. The minimum absolute atomic E-state index is 0.498. The standard InChI is InChI=1S/C22H30N6S/c1-5-18-8-10-19(11-9-18)16-27(3)22(23-13-12-20-7-6-14-29-20)24-15-21-26-25-17(2)28(21)4/h6-11,14H,5,12-13,15-16H2,1-4H3,(H,23,24). The zero-order valence-corrected chi connectivity index (χ0v) is 18.5. The number of guanidine groups is 1. The van der Waals surface area contributed by atoms with Gasteiger partial charge < -0.3 is 14.8 Å². The highest BCUT2D eigenvalue weighted by atomic mass is 32.1. The maximum Gasteiger partial charge on any atom is 0.194 e. The lowest BCUT2D eigenvalue weighted by molar-refractivity contribution is 0.474. The van der Waals surface area contributed by atoms with E-state index in [1.807, 2.05) is 18.5 Å². The molecule has 0 fully saturated rings. The molecule has 0 radical (unpaired) electrons. The Balaban J connectivity index is 1.68. The Labute approximate surface area is 177 Å². The van der Waals surface area contributed by atoms with Crippen molar-refractivity contribution in [3.8, 4) is 0 Å². The van der Waals surface area contributed by atoms with E-state index in [1.54, 1.807) is 11.3 Å². The van der Waals surface area contributed by atoms with Gasteiger partial charge in [-0.15, -0.1) is 21.5 Å². The van der Waals surface area contributed by atoms with E-state index in [0.717, 1.165) is 43.5 Å². The van der Waals surface area contributed by atoms with Crippen molar-refractivity contribution in [2.45, 2.75) is 39.8 Å². The zero-order valence-electron chi connectivity index (χ0n) is 17.7. The summed E-state index contributed by atoms with van der Waals surface area (Å²) in [6, 6.07) is 13.1. The van der Waals surface area contributed by atoms with Crippen LogP contribution in [0.25, 0.3) is 0 Å². The van der Waals surface area contributed by atoms with Gasteiger partial charge in [0.05, 0.1) is 0 Å². The Morgan fingerprint density at radius 2 is 1.93 bits per heavy atom. The summed E-state index contributed by atoms with van der Waals surface area (Å²) >= 11 is 1.79. The number of benzene rings is 1. The number of rotatable bonds is 8. The maximum absolute atomic E-state index is 4.83. The Bertz CT molecular complexity index is 911. The van der Waals surface area contributed by atoms with Crippen LogP contribution in [0.4, 0.5) is 0 Å². The molecule has 1 N–H and O–H groups in total. The van der Waals surface area contributed by atoms with E-state index in [0.29, 0.717) is 6.54 Å². The largest absolute Gasteiger partial charge is 0.356 e. The van der Waals surface area contributed by atoms with E-state index in [9.17, 15) is 0 Å². The lowest BCUT2D eigenvalue weighted by Gasteiger charge is -2.23. The summed E-state index contributed by atoms with van der Waals surface area (Å²) in [4.78, 5) is 8.37.